The van der Waals surface area contributed by atoms with E-state index in [-0.39, 0.29) is 29.9 Å². The first kappa shape index (κ1) is 17.1. The summed E-state index contributed by atoms with van der Waals surface area (Å²) in [5.41, 5.74) is -0.199. The van der Waals surface area contributed by atoms with E-state index in [1.54, 1.807) is 12.2 Å². The van der Waals surface area contributed by atoms with Crippen molar-refractivity contribution in [3.05, 3.63) is 64.8 Å². The van der Waals surface area contributed by atoms with Crippen molar-refractivity contribution >= 4 is 17.5 Å². The molecular weight excluding hydrogens is 286 g/mol. The Balaban J connectivity index is 3.31. The van der Waals surface area contributed by atoms with Crippen LogP contribution in [0.4, 0.5) is 5.69 Å². The predicted octanol–water partition coefficient (Wildman–Crippen LogP) is 1.77. The molecule has 0 radical (unpaired) electrons. The highest BCUT2D eigenvalue weighted by Crippen LogP contribution is 2.19. The number of nitrogens with one attached hydrogen (secondary N) is 1. The molecule has 7 heteroatoms. The molecule has 0 aliphatic heterocycles. The second-order valence-corrected chi connectivity index (χ2v) is 4.39. The molecule has 0 fully saturated rings. The van der Waals surface area contributed by atoms with E-state index in [1.807, 2.05) is 0 Å². The smallest absolute Gasteiger partial charge is 0.271 e. The minimum atomic E-state index is -0.644. The number of carbonyl (C=O) groups is 2. The molecular formula is C15H17N3O4. The van der Waals surface area contributed by atoms with Gasteiger partial charge in [0.2, 0.25) is 0 Å². The maximum atomic E-state index is 12.4. The lowest BCUT2D eigenvalue weighted by Crippen LogP contribution is -2.31. The van der Waals surface area contributed by atoms with Gasteiger partial charge in [-0.1, -0.05) is 12.2 Å². The average molecular weight is 303 g/mol. The third-order valence-electron chi connectivity index (χ3n) is 2.85. The normalized spacial score (nSPS) is 9.68. The van der Waals surface area contributed by atoms with Crippen molar-refractivity contribution in [3.63, 3.8) is 0 Å². The number of hydrogen-bond acceptors (Lipinski definition) is 4. The molecule has 0 atom stereocenters. The molecule has 0 heterocycles. The number of amides is 2. The number of nitro groups is 1. The van der Waals surface area contributed by atoms with Crippen LogP contribution in [0.2, 0.25) is 0 Å². The molecule has 0 aliphatic carbocycles. The van der Waals surface area contributed by atoms with Crippen molar-refractivity contribution in [3.8, 4) is 0 Å². The zero-order chi connectivity index (χ0) is 16.7. The molecule has 1 aromatic carbocycles. The van der Waals surface area contributed by atoms with Crippen LogP contribution in [-0.4, -0.2) is 41.8 Å². The van der Waals surface area contributed by atoms with E-state index in [4.69, 9.17) is 0 Å². The summed E-state index contributed by atoms with van der Waals surface area (Å²) in [6.45, 7) is 7.66. The topological polar surface area (TPSA) is 92.6 Å². The van der Waals surface area contributed by atoms with E-state index >= 15 is 0 Å². The molecule has 0 bridgehead atoms. The van der Waals surface area contributed by atoms with Crippen molar-refractivity contribution in [2.45, 2.75) is 0 Å². The lowest BCUT2D eigenvalue weighted by Gasteiger charge is -2.19. The van der Waals surface area contributed by atoms with Gasteiger partial charge in [0, 0.05) is 43.4 Å². The number of carbonyl (C=O) groups excluding carboxylic acids is 2. The Hall–Kier alpha value is -2.96. The minimum Gasteiger partial charge on any atom is -0.355 e. The lowest BCUT2D eigenvalue weighted by atomic mass is 10.1. The summed E-state index contributed by atoms with van der Waals surface area (Å²) in [5, 5.41) is 13.4. The standard InChI is InChI=1S/C15H17N3O4/c1-4-6-17(7-5-2)15(20)12-8-11(14(19)16-3)9-13(10-12)18(21)22/h4-5,8-10H,1-2,6-7H2,3H3,(H,16,19). The third-order valence-corrected chi connectivity index (χ3v) is 2.85. The van der Waals surface area contributed by atoms with Gasteiger partial charge in [0.1, 0.15) is 0 Å². The Kier molecular flexibility index (Phi) is 6.00. The van der Waals surface area contributed by atoms with Gasteiger partial charge in [-0.2, -0.15) is 0 Å². The highest BCUT2D eigenvalue weighted by atomic mass is 16.6. The number of benzene rings is 1. The van der Waals surface area contributed by atoms with Crippen LogP contribution >= 0.6 is 0 Å². The summed E-state index contributed by atoms with van der Waals surface area (Å²) in [7, 11) is 1.41. The van der Waals surface area contributed by atoms with Crippen LogP contribution in [0.1, 0.15) is 20.7 Å². The summed E-state index contributed by atoms with van der Waals surface area (Å²) in [6, 6.07) is 3.60. The second kappa shape index (κ2) is 7.72. The molecule has 0 saturated carbocycles. The number of non-ortho nitro benzene ring substituents is 1. The van der Waals surface area contributed by atoms with E-state index in [0.717, 1.165) is 12.1 Å². The Morgan fingerprint density at radius 2 is 1.77 bits per heavy atom. The molecule has 116 valence electrons. The Labute approximate surface area is 128 Å². The van der Waals surface area contributed by atoms with Crippen LogP contribution in [-0.2, 0) is 0 Å². The molecule has 0 unspecified atom stereocenters. The van der Waals surface area contributed by atoms with Gasteiger partial charge in [-0.3, -0.25) is 19.7 Å². The van der Waals surface area contributed by atoms with Crippen LogP contribution in [0.3, 0.4) is 0 Å². The molecule has 1 N–H and O–H groups in total. The van der Waals surface area contributed by atoms with Gasteiger partial charge < -0.3 is 10.2 Å². The fraction of sp³-hybridized carbons (Fsp3) is 0.200. The van der Waals surface area contributed by atoms with Crippen LogP contribution in [0.15, 0.2) is 43.5 Å². The van der Waals surface area contributed by atoms with Gasteiger partial charge in [0.15, 0.2) is 0 Å². The summed E-state index contributed by atoms with van der Waals surface area (Å²) >= 11 is 0. The first-order chi connectivity index (χ1) is 10.4. The summed E-state index contributed by atoms with van der Waals surface area (Å²) in [6.07, 6.45) is 3.08. The Morgan fingerprint density at radius 1 is 1.23 bits per heavy atom. The SMILES string of the molecule is C=CCN(CC=C)C(=O)c1cc(C(=O)NC)cc([N+](=O)[O-])c1. The van der Waals surface area contributed by atoms with Gasteiger partial charge in [0.25, 0.3) is 17.5 Å². The van der Waals surface area contributed by atoms with Gasteiger partial charge >= 0.3 is 0 Å². The van der Waals surface area contributed by atoms with Gasteiger partial charge in [-0.25, -0.2) is 0 Å². The first-order valence-corrected chi connectivity index (χ1v) is 6.47. The number of rotatable bonds is 7. The van der Waals surface area contributed by atoms with Crippen molar-refractivity contribution < 1.29 is 14.5 Å². The summed E-state index contributed by atoms with van der Waals surface area (Å²) in [5.74, 6) is -0.939. The van der Waals surface area contributed by atoms with Crippen LogP contribution in [0.5, 0.6) is 0 Å². The van der Waals surface area contributed by atoms with Gasteiger partial charge in [0.05, 0.1) is 4.92 Å². The second-order valence-electron chi connectivity index (χ2n) is 4.39. The van der Waals surface area contributed by atoms with Crippen LogP contribution < -0.4 is 5.32 Å². The Morgan fingerprint density at radius 3 is 2.23 bits per heavy atom. The van der Waals surface area contributed by atoms with E-state index in [2.05, 4.69) is 18.5 Å². The lowest BCUT2D eigenvalue weighted by molar-refractivity contribution is -0.384. The monoisotopic (exact) mass is 303 g/mol. The van der Waals surface area contributed by atoms with Gasteiger partial charge in [-0.05, 0) is 6.07 Å². The zero-order valence-corrected chi connectivity index (χ0v) is 12.2. The molecule has 22 heavy (non-hydrogen) atoms. The van der Waals surface area contributed by atoms with Crippen molar-refractivity contribution in [2.75, 3.05) is 20.1 Å². The van der Waals surface area contributed by atoms with E-state index in [9.17, 15) is 19.7 Å². The largest absolute Gasteiger partial charge is 0.355 e. The fourth-order valence-corrected chi connectivity index (χ4v) is 1.85. The number of hydrogen-bond donors (Lipinski definition) is 1. The van der Waals surface area contributed by atoms with Crippen LogP contribution in [0, 0.1) is 10.1 Å². The highest BCUT2D eigenvalue weighted by Gasteiger charge is 2.20. The summed E-state index contributed by atoms with van der Waals surface area (Å²) in [4.78, 5) is 35.9. The minimum absolute atomic E-state index is 0.0530. The van der Waals surface area contributed by atoms with Crippen molar-refractivity contribution in [2.24, 2.45) is 0 Å². The quantitative estimate of drug-likeness (QED) is 0.472. The molecule has 2 amide bonds. The highest BCUT2D eigenvalue weighted by molar-refractivity contribution is 6.00. The van der Waals surface area contributed by atoms with E-state index in [0.29, 0.717) is 0 Å². The van der Waals surface area contributed by atoms with Gasteiger partial charge in [-0.15, -0.1) is 13.2 Å². The maximum absolute atomic E-state index is 12.4. The average Bonchev–Trinajstić information content (AvgIpc) is 2.52. The Bertz CT molecular complexity index is 615. The molecule has 7 nitrogen and oxygen atoms in total. The molecule has 1 aromatic rings. The predicted molar refractivity (Wildman–Crippen MR) is 82.8 cm³/mol. The number of nitro benzene ring substituents is 1. The molecule has 0 aliphatic rings. The molecule has 0 saturated heterocycles. The molecule has 1 rings (SSSR count). The van der Waals surface area contributed by atoms with Crippen molar-refractivity contribution in [1.82, 2.24) is 10.2 Å². The molecule has 0 aromatic heterocycles. The van der Waals surface area contributed by atoms with E-state index in [1.165, 1.54) is 18.0 Å². The maximum Gasteiger partial charge on any atom is 0.271 e. The van der Waals surface area contributed by atoms with E-state index < -0.39 is 16.7 Å². The zero-order valence-electron chi connectivity index (χ0n) is 12.2. The van der Waals surface area contributed by atoms with Crippen LogP contribution in [0.25, 0.3) is 0 Å². The fourth-order valence-electron chi connectivity index (χ4n) is 1.85. The molecule has 0 spiro atoms. The third kappa shape index (κ3) is 4.02. The summed E-state index contributed by atoms with van der Waals surface area (Å²) < 4.78 is 0. The number of nitrogens with zero attached hydrogens (tertiary/aromatic N) is 2. The first-order valence-electron chi connectivity index (χ1n) is 6.47. The van der Waals surface area contributed by atoms with Crippen molar-refractivity contribution in [1.29, 1.82) is 0 Å².